The summed E-state index contributed by atoms with van der Waals surface area (Å²) in [6.45, 7) is 0. The maximum Gasteiger partial charge on any atom is 0.337 e. The smallest absolute Gasteiger partial charge is 0.337 e. The fourth-order valence-corrected chi connectivity index (χ4v) is 1.61. The molecular weight excluding hydrogens is 260 g/mol. The van der Waals surface area contributed by atoms with Crippen LogP contribution < -0.4 is 10.0 Å². The molecule has 2 rings (SSSR count). The zero-order valence-electron chi connectivity index (χ0n) is 10.7. The number of esters is 1. The SMILES string of the molecule is COC(=O)c1ccc(NC(=O)c2cccc[n+]2[O-])cc1. The number of nitrogens with one attached hydrogen (secondary N) is 1. The minimum absolute atomic E-state index is 0.00968. The second kappa shape index (κ2) is 5.83. The maximum absolute atomic E-state index is 11.9. The first kappa shape index (κ1) is 13.5. The molecule has 0 saturated carbocycles. The van der Waals surface area contributed by atoms with Gasteiger partial charge in [0.2, 0.25) is 0 Å². The van der Waals surface area contributed by atoms with Crippen molar-refractivity contribution in [2.24, 2.45) is 0 Å². The van der Waals surface area contributed by atoms with Crippen molar-refractivity contribution >= 4 is 17.6 Å². The van der Waals surface area contributed by atoms with Gasteiger partial charge in [-0.15, -0.1) is 0 Å². The Morgan fingerprint density at radius 2 is 1.85 bits per heavy atom. The van der Waals surface area contributed by atoms with Crippen molar-refractivity contribution in [3.05, 3.63) is 65.1 Å². The summed E-state index contributed by atoms with van der Waals surface area (Å²) in [5.74, 6) is -0.977. The lowest BCUT2D eigenvalue weighted by Crippen LogP contribution is -2.36. The van der Waals surface area contributed by atoms with E-state index < -0.39 is 11.9 Å². The lowest BCUT2D eigenvalue weighted by atomic mass is 10.2. The van der Waals surface area contributed by atoms with Gasteiger partial charge in [0.15, 0.2) is 6.20 Å². The zero-order valence-corrected chi connectivity index (χ0v) is 10.7. The molecule has 0 aliphatic carbocycles. The minimum atomic E-state index is -0.522. The topological polar surface area (TPSA) is 82.3 Å². The molecule has 2 aromatic rings. The summed E-state index contributed by atoms with van der Waals surface area (Å²) in [6.07, 6.45) is 1.25. The first-order chi connectivity index (χ1) is 9.61. The van der Waals surface area contributed by atoms with Crippen molar-refractivity contribution in [1.29, 1.82) is 0 Å². The number of ether oxygens (including phenoxy) is 1. The highest BCUT2D eigenvalue weighted by Gasteiger charge is 2.15. The lowest BCUT2D eigenvalue weighted by molar-refractivity contribution is -0.607. The number of aromatic nitrogens is 1. The Bertz CT molecular complexity index is 638. The molecule has 0 aliphatic rings. The molecule has 20 heavy (non-hydrogen) atoms. The van der Waals surface area contributed by atoms with E-state index in [-0.39, 0.29) is 5.69 Å². The second-order valence-corrected chi connectivity index (χ2v) is 3.93. The van der Waals surface area contributed by atoms with E-state index in [0.29, 0.717) is 16.0 Å². The van der Waals surface area contributed by atoms with Gasteiger partial charge in [0.05, 0.1) is 12.7 Å². The number of carbonyl (C=O) groups is 2. The van der Waals surface area contributed by atoms with Gasteiger partial charge in [-0.1, -0.05) is 0 Å². The summed E-state index contributed by atoms with van der Waals surface area (Å²) >= 11 is 0. The van der Waals surface area contributed by atoms with Crippen LogP contribution in [0.2, 0.25) is 0 Å². The number of anilines is 1. The van der Waals surface area contributed by atoms with Crippen LogP contribution in [0.3, 0.4) is 0 Å². The molecule has 0 unspecified atom stereocenters. The van der Waals surface area contributed by atoms with Gasteiger partial charge >= 0.3 is 11.9 Å². The second-order valence-electron chi connectivity index (χ2n) is 3.93. The Hall–Kier alpha value is -2.89. The number of benzene rings is 1. The van der Waals surface area contributed by atoms with Crippen LogP contribution in [-0.4, -0.2) is 19.0 Å². The van der Waals surface area contributed by atoms with Gasteiger partial charge in [0, 0.05) is 17.8 Å². The maximum atomic E-state index is 11.9. The molecule has 0 fully saturated rings. The van der Waals surface area contributed by atoms with Gasteiger partial charge in [0.1, 0.15) is 0 Å². The fourth-order valence-electron chi connectivity index (χ4n) is 1.61. The third-order valence-electron chi connectivity index (χ3n) is 2.62. The molecular formula is C14H12N2O4. The van der Waals surface area contributed by atoms with Crippen molar-refractivity contribution in [1.82, 2.24) is 0 Å². The third kappa shape index (κ3) is 2.92. The first-order valence-electron chi connectivity index (χ1n) is 5.80. The molecule has 1 N–H and O–H groups in total. The van der Waals surface area contributed by atoms with E-state index in [9.17, 15) is 14.8 Å². The van der Waals surface area contributed by atoms with E-state index in [1.54, 1.807) is 18.2 Å². The van der Waals surface area contributed by atoms with Crippen LogP contribution in [0.1, 0.15) is 20.8 Å². The molecule has 0 spiro atoms. The van der Waals surface area contributed by atoms with E-state index in [1.807, 2.05) is 0 Å². The van der Waals surface area contributed by atoms with Gasteiger partial charge in [-0.3, -0.25) is 4.79 Å². The quantitative estimate of drug-likeness (QED) is 0.519. The van der Waals surface area contributed by atoms with Gasteiger partial charge in [0.25, 0.3) is 5.69 Å². The molecule has 0 atom stereocenters. The summed E-state index contributed by atoms with van der Waals surface area (Å²) in [4.78, 5) is 23.1. The standard InChI is InChI=1S/C14H12N2O4/c1-20-14(18)10-5-7-11(8-6-10)15-13(17)12-4-2-3-9-16(12)19/h2-9H,1H3,(H,15,17). The molecule has 102 valence electrons. The van der Waals surface area contributed by atoms with E-state index in [4.69, 9.17) is 0 Å². The van der Waals surface area contributed by atoms with Crippen LogP contribution in [0.25, 0.3) is 0 Å². The van der Waals surface area contributed by atoms with Gasteiger partial charge in [-0.2, -0.15) is 4.73 Å². The van der Waals surface area contributed by atoms with Crippen LogP contribution in [0.4, 0.5) is 5.69 Å². The van der Waals surface area contributed by atoms with Crippen LogP contribution >= 0.6 is 0 Å². The summed E-state index contributed by atoms with van der Waals surface area (Å²) in [5, 5.41) is 14.0. The average molecular weight is 272 g/mol. The van der Waals surface area contributed by atoms with E-state index >= 15 is 0 Å². The summed E-state index contributed by atoms with van der Waals surface area (Å²) in [5.41, 5.74) is 0.847. The summed E-state index contributed by atoms with van der Waals surface area (Å²) in [7, 11) is 1.29. The van der Waals surface area contributed by atoms with E-state index in [0.717, 1.165) is 0 Å². The molecule has 1 aromatic heterocycles. The predicted octanol–water partition coefficient (Wildman–Crippen LogP) is 1.36. The van der Waals surface area contributed by atoms with Crippen molar-refractivity contribution < 1.29 is 19.1 Å². The molecule has 0 saturated heterocycles. The van der Waals surface area contributed by atoms with Crippen LogP contribution in [0.5, 0.6) is 0 Å². The molecule has 0 aliphatic heterocycles. The number of hydrogen-bond acceptors (Lipinski definition) is 4. The molecule has 1 amide bonds. The van der Waals surface area contributed by atoms with Crippen molar-refractivity contribution in [2.45, 2.75) is 0 Å². The fraction of sp³-hybridized carbons (Fsp3) is 0.0714. The Kier molecular flexibility index (Phi) is 3.95. The lowest BCUT2D eigenvalue weighted by Gasteiger charge is -2.06. The number of methoxy groups -OCH3 is 1. The van der Waals surface area contributed by atoms with E-state index in [1.165, 1.54) is 37.6 Å². The van der Waals surface area contributed by atoms with Gasteiger partial charge in [-0.25, -0.2) is 4.79 Å². The third-order valence-corrected chi connectivity index (χ3v) is 2.62. The first-order valence-corrected chi connectivity index (χ1v) is 5.80. The molecule has 6 nitrogen and oxygen atoms in total. The highest BCUT2D eigenvalue weighted by molar-refractivity contribution is 6.02. The highest BCUT2D eigenvalue weighted by atomic mass is 16.5. The Morgan fingerprint density at radius 1 is 1.15 bits per heavy atom. The van der Waals surface area contributed by atoms with Crippen molar-refractivity contribution in [2.75, 3.05) is 12.4 Å². The molecule has 1 aromatic carbocycles. The number of pyridine rings is 1. The summed E-state index contributed by atoms with van der Waals surface area (Å²) in [6, 6.07) is 10.7. The van der Waals surface area contributed by atoms with Crippen molar-refractivity contribution in [3.63, 3.8) is 0 Å². The molecule has 1 heterocycles. The Morgan fingerprint density at radius 3 is 2.45 bits per heavy atom. The number of rotatable bonds is 3. The number of carbonyl (C=O) groups excluding carboxylic acids is 2. The molecule has 0 radical (unpaired) electrons. The van der Waals surface area contributed by atoms with Crippen LogP contribution in [0, 0.1) is 5.21 Å². The normalized spacial score (nSPS) is 9.85. The number of amides is 1. The van der Waals surface area contributed by atoms with Crippen LogP contribution in [0.15, 0.2) is 48.7 Å². The average Bonchev–Trinajstić information content (AvgIpc) is 2.47. The molecule has 0 bridgehead atoms. The highest BCUT2D eigenvalue weighted by Crippen LogP contribution is 2.11. The Labute approximate surface area is 115 Å². The predicted molar refractivity (Wildman–Crippen MR) is 71.1 cm³/mol. The van der Waals surface area contributed by atoms with Gasteiger partial charge in [-0.05, 0) is 30.3 Å². The Balaban J connectivity index is 2.13. The van der Waals surface area contributed by atoms with Crippen LogP contribution in [-0.2, 0) is 4.74 Å². The number of hydrogen-bond donors (Lipinski definition) is 1. The summed E-state index contributed by atoms with van der Waals surface area (Å²) < 4.78 is 5.06. The zero-order chi connectivity index (χ0) is 14.5. The van der Waals surface area contributed by atoms with E-state index in [2.05, 4.69) is 10.1 Å². The molecule has 6 heteroatoms. The van der Waals surface area contributed by atoms with Crippen molar-refractivity contribution in [3.8, 4) is 0 Å². The van der Waals surface area contributed by atoms with Gasteiger partial charge < -0.3 is 15.3 Å². The largest absolute Gasteiger partial charge is 0.618 e. The number of nitrogens with zero attached hydrogens (tertiary/aromatic N) is 1. The monoisotopic (exact) mass is 272 g/mol. The minimum Gasteiger partial charge on any atom is -0.618 e.